The number of benzene rings is 1. The van der Waals surface area contributed by atoms with Crippen molar-refractivity contribution in [3.63, 3.8) is 0 Å². The first kappa shape index (κ1) is 21.2. The Morgan fingerprint density at radius 3 is 2.62 bits per heavy atom. The first-order valence-electron chi connectivity index (χ1n) is 9.57. The van der Waals surface area contributed by atoms with Gasteiger partial charge in [0, 0.05) is 10.6 Å². The van der Waals surface area contributed by atoms with Crippen LogP contribution in [-0.4, -0.2) is 41.7 Å². The van der Waals surface area contributed by atoms with Crippen molar-refractivity contribution in [2.75, 3.05) is 12.9 Å². The Morgan fingerprint density at radius 2 is 1.90 bits per heavy atom. The summed E-state index contributed by atoms with van der Waals surface area (Å²) >= 11 is 1.41. The molecule has 1 atom stereocenters. The molecule has 1 aliphatic rings. The van der Waals surface area contributed by atoms with Crippen LogP contribution in [0.1, 0.15) is 56.6 Å². The molecule has 0 amide bonds. The molecule has 3 rings (SSSR count). The van der Waals surface area contributed by atoms with Gasteiger partial charge in [-0.15, -0.1) is 11.8 Å². The lowest BCUT2D eigenvalue weighted by atomic mass is 10.1. The quantitative estimate of drug-likeness (QED) is 0.420. The molecule has 0 radical (unpaired) electrons. The highest BCUT2D eigenvalue weighted by Gasteiger charge is 2.27. The van der Waals surface area contributed by atoms with Gasteiger partial charge in [0.25, 0.3) is 0 Å². The molecular formula is C22H25NO5S. The van der Waals surface area contributed by atoms with E-state index in [1.165, 1.54) is 43.3 Å². The van der Waals surface area contributed by atoms with E-state index < -0.39 is 18.0 Å². The Labute approximate surface area is 174 Å². The van der Waals surface area contributed by atoms with Crippen molar-refractivity contribution in [2.24, 2.45) is 0 Å². The van der Waals surface area contributed by atoms with Crippen molar-refractivity contribution < 1.29 is 23.9 Å². The maximum atomic E-state index is 12.7. The number of ketones is 1. The molecule has 154 valence electrons. The van der Waals surface area contributed by atoms with Gasteiger partial charge < -0.3 is 14.5 Å². The van der Waals surface area contributed by atoms with E-state index in [9.17, 15) is 14.4 Å². The highest BCUT2D eigenvalue weighted by atomic mass is 32.2. The molecule has 0 spiro atoms. The van der Waals surface area contributed by atoms with Gasteiger partial charge in [-0.3, -0.25) is 9.59 Å². The lowest BCUT2D eigenvalue weighted by molar-refractivity contribution is -0.143. The number of carbonyl (C=O) groups excluding carboxylic acids is 3. The maximum absolute atomic E-state index is 12.7. The number of rotatable bonds is 7. The van der Waals surface area contributed by atoms with Crippen LogP contribution >= 0.6 is 11.8 Å². The van der Waals surface area contributed by atoms with Crippen LogP contribution in [0.5, 0.6) is 0 Å². The predicted octanol–water partition coefficient (Wildman–Crippen LogP) is 3.81. The van der Waals surface area contributed by atoms with Crippen molar-refractivity contribution in [1.29, 1.82) is 0 Å². The zero-order chi connectivity index (χ0) is 21.1. The second-order valence-corrected chi connectivity index (χ2v) is 8.23. The number of aromatic amines is 1. The van der Waals surface area contributed by atoms with Gasteiger partial charge in [0.15, 0.2) is 6.10 Å². The summed E-state index contributed by atoms with van der Waals surface area (Å²) in [5.41, 5.74) is 4.37. The Hall–Kier alpha value is -2.54. The summed E-state index contributed by atoms with van der Waals surface area (Å²) in [4.78, 5) is 40.8. The zero-order valence-electron chi connectivity index (χ0n) is 17.1. The van der Waals surface area contributed by atoms with E-state index in [-0.39, 0.29) is 17.2 Å². The van der Waals surface area contributed by atoms with Crippen LogP contribution in [0.25, 0.3) is 0 Å². The first-order valence-corrected chi connectivity index (χ1v) is 10.6. The van der Waals surface area contributed by atoms with Crippen LogP contribution < -0.4 is 0 Å². The van der Waals surface area contributed by atoms with E-state index in [1.54, 1.807) is 13.8 Å². The van der Waals surface area contributed by atoms with E-state index in [1.807, 2.05) is 6.07 Å². The Morgan fingerprint density at radius 1 is 1.17 bits per heavy atom. The van der Waals surface area contributed by atoms with E-state index in [0.717, 1.165) is 17.7 Å². The van der Waals surface area contributed by atoms with Gasteiger partial charge in [-0.05, 0) is 68.9 Å². The number of Topliss-reactive ketones (excluding diaryl/α,β-unsaturated/α-hetero) is 1. The molecule has 0 saturated heterocycles. The zero-order valence-corrected chi connectivity index (χ0v) is 17.9. The summed E-state index contributed by atoms with van der Waals surface area (Å²) in [6.07, 6.45) is 2.44. The minimum atomic E-state index is -0.953. The molecule has 0 aliphatic heterocycles. The monoisotopic (exact) mass is 415 g/mol. The van der Waals surface area contributed by atoms with Crippen molar-refractivity contribution in [3.8, 4) is 0 Å². The highest BCUT2D eigenvalue weighted by molar-refractivity contribution is 8.00. The Balaban J connectivity index is 1.59. The summed E-state index contributed by atoms with van der Waals surface area (Å²) in [5, 5.41) is 0. The van der Waals surface area contributed by atoms with E-state index >= 15 is 0 Å². The molecule has 1 N–H and O–H groups in total. The number of methoxy groups -OCH3 is 1. The van der Waals surface area contributed by atoms with Crippen LogP contribution in [0.3, 0.4) is 0 Å². The number of aryl methyl sites for hydroxylation is 3. The number of thioether (sulfide) groups is 1. The fraction of sp³-hybridized carbons (Fsp3) is 0.409. The third kappa shape index (κ3) is 4.56. The molecule has 0 unspecified atom stereocenters. The van der Waals surface area contributed by atoms with Crippen molar-refractivity contribution in [1.82, 2.24) is 4.98 Å². The minimum Gasteiger partial charge on any atom is -0.465 e. The second-order valence-electron chi connectivity index (χ2n) is 7.19. The predicted molar refractivity (Wildman–Crippen MR) is 111 cm³/mol. The SMILES string of the molecule is COC(=O)c1c(C)[nH]c(C(=O)[C@H](C)OC(=O)CSc2ccc3c(c2)CCC3)c1C. The second kappa shape index (κ2) is 8.86. The fourth-order valence-electron chi connectivity index (χ4n) is 3.67. The van der Waals surface area contributed by atoms with Crippen LogP contribution in [0, 0.1) is 13.8 Å². The van der Waals surface area contributed by atoms with Crippen molar-refractivity contribution in [3.05, 3.63) is 51.8 Å². The van der Waals surface area contributed by atoms with Gasteiger partial charge in [0.1, 0.15) is 0 Å². The van der Waals surface area contributed by atoms with Gasteiger partial charge in [-0.2, -0.15) is 0 Å². The molecule has 29 heavy (non-hydrogen) atoms. The molecule has 6 nitrogen and oxygen atoms in total. The Kier molecular flexibility index (Phi) is 6.47. The average Bonchev–Trinajstić information content (AvgIpc) is 3.28. The topological polar surface area (TPSA) is 85.5 Å². The number of ether oxygens (including phenoxy) is 2. The largest absolute Gasteiger partial charge is 0.465 e. The summed E-state index contributed by atoms with van der Waals surface area (Å²) in [7, 11) is 1.29. The molecule has 0 fully saturated rings. The number of hydrogen-bond acceptors (Lipinski definition) is 6. The van der Waals surface area contributed by atoms with Crippen LogP contribution in [0.15, 0.2) is 23.1 Å². The number of esters is 2. The van der Waals surface area contributed by atoms with Gasteiger partial charge in [0.2, 0.25) is 5.78 Å². The number of aromatic nitrogens is 1. The molecule has 1 aliphatic carbocycles. The third-order valence-electron chi connectivity index (χ3n) is 5.18. The molecule has 0 bridgehead atoms. The summed E-state index contributed by atoms with van der Waals surface area (Å²) in [5.74, 6) is -1.21. The van der Waals surface area contributed by atoms with Crippen LogP contribution in [0.2, 0.25) is 0 Å². The van der Waals surface area contributed by atoms with E-state index in [4.69, 9.17) is 9.47 Å². The fourth-order valence-corrected chi connectivity index (χ4v) is 4.42. The van der Waals surface area contributed by atoms with Crippen molar-refractivity contribution in [2.45, 2.75) is 51.0 Å². The van der Waals surface area contributed by atoms with Crippen LogP contribution in [-0.2, 0) is 27.1 Å². The number of hydrogen-bond donors (Lipinski definition) is 1. The molecule has 1 aromatic carbocycles. The molecule has 1 aromatic heterocycles. The molecular weight excluding hydrogens is 390 g/mol. The van der Waals surface area contributed by atoms with Gasteiger partial charge in [-0.25, -0.2) is 4.79 Å². The minimum absolute atomic E-state index is 0.132. The average molecular weight is 416 g/mol. The Bertz CT molecular complexity index is 962. The highest BCUT2D eigenvalue weighted by Crippen LogP contribution is 2.28. The van der Waals surface area contributed by atoms with E-state index in [0.29, 0.717) is 16.8 Å². The lowest BCUT2D eigenvalue weighted by Crippen LogP contribution is -2.26. The maximum Gasteiger partial charge on any atom is 0.339 e. The number of carbonyl (C=O) groups is 3. The molecule has 0 saturated carbocycles. The normalized spacial score (nSPS) is 13.7. The molecule has 1 heterocycles. The van der Waals surface area contributed by atoms with Gasteiger partial charge in [0.05, 0.1) is 24.1 Å². The van der Waals surface area contributed by atoms with Crippen molar-refractivity contribution >= 4 is 29.5 Å². The third-order valence-corrected chi connectivity index (χ3v) is 6.14. The molecule has 7 heteroatoms. The smallest absolute Gasteiger partial charge is 0.339 e. The summed E-state index contributed by atoms with van der Waals surface area (Å²) < 4.78 is 10.1. The molecule has 2 aromatic rings. The van der Waals surface area contributed by atoms with E-state index in [2.05, 4.69) is 17.1 Å². The number of fused-ring (bicyclic) bond motifs is 1. The first-order chi connectivity index (χ1) is 13.8. The number of nitrogens with one attached hydrogen (secondary N) is 1. The standard InChI is InChI=1S/C22H25NO5S/c1-12-19(22(26)27-4)13(2)23-20(12)21(25)14(3)28-18(24)11-29-17-9-8-15-6-5-7-16(15)10-17/h8-10,14,23H,5-7,11H2,1-4H3/t14-/m0/s1. The van der Waals surface area contributed by atoms with Crippen LogP contribution in [0.4, 0.5) is 0 Å². The number of H-pyrrole nitrogens is 1. The summed E-state index contributed by atoms with van der Waals surface area (Å²) in [6, 6.07) is 6.28. The van der Waals surface area contributed by atoms with Gasteiger partial charge >= 0.3 is 11.9 Å². The lowest BCUT2D eigenvalue weighted by Gasteiger charge is -2.12. The van der Waals surface area contributed by atoms with Gasteiger partial charge in [-0.1, -0.05) is 6.07 Å². The summed E-state index contributed by atoms with van der Waals surface area (Å²) in [6.45, 7) is 4.90.